The molecule has 4 aromatic rings. The normalized spacial score (nSPS) is 11.2. The third-order valence-electron chi connectivity index (χ3n) is 3.20. The van der Waals surface area contributed by atoms with E-state index in [4.69, 9.17) is 11.6 Å². The Morgan fingerprint density at radius 2 is 1.92 bits per heavy atom. The number of hydrogen-bond donors (Lipinski definition) is 1. The van der Waals surface area contributed by atoms with Crippen molar-refractivity contribution in [1.29, 1.82) is 0 Å². The zero-order valence-electron chi connectivity index (χ0n) is 12.2. The Balaban J connectivity index is 1.41. The first kappa shape index (κ1) is 15.8. The summed E-state index contributed by atoms with van der Waals surface area (Å²) in [5, 5.41) is 4.14. The van der Waals surface area contributed by atoms with Gasteiger partial charge in [-0.05, 0) is 30.3 Å². The molecular weight excluding hydrogens is 382 g/mol. The van der Waals surface area contributed by atoms with E-state index in [0.29, 0.717) is 15.9 Å². The summed E-state index contributed by atoms with van der Waals surface area (Å²) in [6.07, 6.45) is 0. The molecule has 0 aliphatic carbocycles. The van der Waals surface area contributed by atoms with Crippen molar-refractivity contribution in [2.45, 2.75) is 4.34 Å². The molecule has 0 saturated carbocycles. The van der Waals surface area contributed by atoms with Crippen LogP contribution in [0.1, 0.15) is 0 Å². The quantitative estimate of drug-likeness (QED) is 0.480. The number of nitrogens with zero attached hydrogens (tertiary/aromatic N) is 2. The summed E-state index contributed by atoms with van der Waals surface area (Å²) in [6, 6.07) is 13.4. The largest absolute Gasteiger partial charge is 0.301 e. The molecular formula is C16H10ClN3OS3. The fraction of sp³-hybridized carbons (Fsp3) is 0.0625. The van der Waals surface area contributed by atoms with Gasteiger partial charge in [-0.2, -0.15) is 0 Å². The molecule has 0 aliphatic heterocycles. The number of hydrogen-bond acceptors (Lipinski definition) is 6. The number of thioether (sulfide) groups is 1. The van der Waals surface area contributed by atoms with Crippen molar-refractivity contribution < 1.29 is 4.79 Å². The minimum Gasteiger partial charge on any atom is -0.301 e. The molecule has 8 heteroatoms. The average molecular weight is 392 g/mol. The number of amides is 1. The van der Waals surface area contributed by atoms with Gasteiger partial charge in [0.2, 0.25) is 5.91 Å². The van der Waals surface area contributed by atoms with Crippen LogP contribution in [0, 0.1) is 0 Å². The number of benzene rings is 2. The molecule has 1 amide bonds. The van der Waals surface area contributed by atoms with E-state index in [9.17, 15) is 4.79 Å². The number of rotatable bonds is 4. The molecule has 2 aromatic heterocycles. The number of para-hydroxylation sites is 1. The fourth-order valence-electron chi connectivity index (χ4n) is 2.15. The van der Waals surface area contributed by atoms with Crippen LogP contribution >= 0.6 is 46.0 Å². The minimum atomic E-state index is -0.0867. The maximum absolute atomic E-state index is 12.1. The number of halogens is 1. The first-order valence-corrected chi connectivity index (χ1v) is 10.0. The van der Waals surface area contributed by atoms with Gasteiger partial charge in [0.1, 0.15) is 0 Å². The van der Waals surface area contributed by atoms with Crippen molar-refractivity contribution in [1.82, 2.24) is 9.97 Å². The Bertz CT molecular complexity index is 1010. The predicted molar refractivity (Wildman–Crippen MR) is 104 cm³/mol. The minimum absolute atomic E-state index is 0.0867. The first-order chi connectivity index (χ1) is 11.7. The van der Waals surface area contributed by atoms with Gasteiger partial charge in [0, 0.05) is 5.02 Å². The second-order valence-corrected chi connectivity index (χ2v) is 8.64. The van der Waals surface area contributed by atoms with E-state index in [1.54, 1.807) is 11.3 Å². The molecule has 0 saturated heterocycles. The molecule has 4 rings (SSSR count). The molecule has 0 atom stereocenters. The van der Waals surface area contributed by atoms with Gasteiger partial charge < -0.3 is 5.32 Å². The van der Waals surface area contributed by atoms with Crippen LogP contribution in [0.4, 0.5) is 5.13 Å². The van der Waals surface area contributed by atoms with Gasteiger partial charge in [-0.25, -0.2) is 9.97 Å². The summed E-state index contributed by atoms with van der Waals surface area (Å²) < 4.78 is 2.98. The summed E-state index contributed by atoms with van der Waals surface area (Å²) in [5.41, 5.74) is 1.76. The highest BCUT2D eigenvalue weighted by molar-refractivity contribution is 8.01. The van der Waals surface area contributed by atoms with Crippen molar-refractivity contribution in [2.24, 2.45) is 0 Å². The van der Waals surface area contributed by atoms with Crippen LogP contribution in [-0.4, -0.2) is 21.6 Å². The highest BCUT2D eigenvalue weighted by Gasteiger charge is 2.10. The van der Waals surface area contributed by atoms with Crippen LogP contribution in [0.2, 0.25) is 5.02 Å². The number of carbonyl (C=O) groups is 1. The molecule has 0 bridgehead atoms. The molecule has 2 heterocycles. The van der Waals surface area contributed by atoms with Gasteiger partial charge in [-0.3, -0.25) is 4.79 Å². The van der Waals surface area contributed by atoms with Crippen LogP contribution in [-0.2, 0) is 4.79 Å². The van der Waals surface area contributed by atoms with Crippen molar-refractivity contribution in [2.75, 3.05) is 11.1 Å². The van der Waals surface area contributed by atoms with Crippen molar-refractivity contribution in [3.8, 4) is 0 Å². The van der Waals surface area contributed by atoms with E-state index in [2.05, 4.69) is 15.3 Å². The monoisotopic (exact) mass is 391 g/mol. The van der Waals surface area contributed by atoms with Crippen molar-refractivity contribution in [3.63, 3.8) is 0 Å². The number of fused-ring (bicyclic) bond motifs is 2. The highest BCUT2D eigenvalue weighted by atomic mass is 35.5. The molecule has 0 fully saturated rings. The predicted octanol–water partition coefficient (Wildman–Crippen LogP) is 5.29. The Kier molecular flexibility index (Phi) is 4.41. The van der Waals surface area contributed by atoms with E-state index >= 15 is 0 Å². The standard InChI is InChI=1S/C16H10ClN3OS3/c17-9-5-6-13-11(7-9)19-16(24-13)22-8-14(21)20-15-18-10-3-1-2-4-12(10)23-15/h1-7H,8H2,(H,18,20,21). The Labute approximate surface area is 154 Å². The Hall–Kier alpha value is -1.67. The van der Waals surface area contributed by atoms with E-state index in [0.717, 1.165) is 24.8 Å². The zero-order valence-corrected chi connectivity index (χ0v) is 15.4. The van der Waals surface area contributed by atoms with Gasteiger partial charge >= 0.3 is 0 Å². The third-order valence-corrected chi connectivity index (χ3v) is 6.56. The van der Waals surface area contributed by atoms with Gasteiger partial charge in [0.15, 0.2) is 9.47 Å². The summed E-state index contributed by atoms with van der Waals surface area (Å²) >= 11 is 10.4. The van der Waals surface area contributed by atoms with E-state index in [-0.39, 0.29) is 5.91 Å². The van der Waals surface area contributed by atoms with Crippen LogP contribution in [0.15, 0.2) is 46.8 Å². The van der Waals surface area contributed by atoms with Gasteiger partial charge in [0.05, 0.1) is 26.2 Å². The molecule has 0 spiro atoms. The summed E-state index contributed by atoms with van der Waals surface area (Å²) in [7, 11) is 0. The van der Waals surface area contributed by atoms with Gasteiger partial charge in [-0.15, -0.1) is 11.3 Å². The first-order valence-electron chi connectivity index (χ1n) is 7.02. The van der Waals surface area contributed by atoms with E-state index < -0.39 is 0 Å². The van der Waals surface area contributed by atoms with Crippen molar-refractivity contribution in [3.05, 3.63) is 47.5 Å². The average Bonchev–Trinajstić information content (AvgIpc) is 3.15. The number of aromatic nitrogens is 2. The number of carbonyl (C=O) groups excluding carboxylic acids is 1. The van der Waals surface area contributed by atoms with Gasteiger partial charge in [0.25, 0.3) is 0 Å². The van der Waals surface area contributed by atoms with Crippen LogP contribution in [0.3, 0.4) is 0 Å². The SMILES string of the molecule is O=C(CSc1nc2cc(Cl)ccc2s1)Nc1nc2ccccc2s1. The van der Waals surface area contributed by atoms with Crippen LogP contribution < -0.4 is 5.32 Å². The second kappa shape index (κ2) is 6.68. The van der Waals surface area contributed by atoms with Crippen LogP contribution in [0.25, 0.3) is 20.4 Å². The lowest BCUT2D eigenvalue weighted by Gasteiger charge is -1.99. The summed E-state index contributed by atoms with van der Waals surface area (Å²) in [5.74, 6) is 0.208. The summed E-state index contributed by atoms with van der Waals surface area (Å²) in [4.78, 5) is 21.0. The molecule has 0 unspecified atom stereocenters. The van der Waals surface area contributed by atoms with E-state index in [1.165, 1.54) is 23.1 Å². The lowest BCUT2D eigenvalue weighted by atomic mass is 10.3. The Morgan fingerprint density at radius 3 is 2.79 bits per heavy atom. The Morgan fingerprint density at radius 1 is 1.08 bits per heavy atom. The van der Waals surface area contributed by atoms with E-state index in [1.807, 2.05) is 42.5 Å². The molecule has 0 radical (unpaired) electrons. The number of nitrogens with one attached hydrogen (secondary N) is 1. The molecule has 120 valence electrons. The maximum atomic E-state index is 12.1. The topological polar surface area (TPSA) is 54.9 Å². The fourth-order valence-corrected chi connectivity index (χ4v) is 5.05. The van der Waals surface area contributed by atoms with Crippen molar-refractivity contribution >= 4 is 77.5 Å². The summed E-state index contributed by atoms with van der Waals surface area (Å²) in [6.45, 7) is 0. The van der Waals surface area contributed by atoms with Gasteiger partial charge in [-0.1, -0.05) is 46.8 Å². The third kappa shape index (κ3) is 3.39. The molecule has 2 aromatic carbocycles. The lowest BCUT2D eigenvalue weighted by molar-refractivity contribution is -0.113. The molecule has 4 nitrogen and oxygen atoms in total. The zero-order chi connectivity index (χ0) is 16.5. The number of anilines is 1. The number of thiazole rings is 2. The van der Waals surface area contributed by atoms with Crippen LogP contribution in [0.5, 0.6) is 0 Å². The highest BCUT2D eigenvalue weighted by Crippen LogP contribution is 2.31. The lowest BCUT2D eigenvalue weighted by Crippen LogP contribution is -2.13. The smallest absolute Gasteiger partial charge is 0.236 e. The molecule has 0 aliphatic rings. The molecule has 24 heavy (non-hydrogen) atoms. The second-order valence-electron chi connectivity index (χ2n) is 4.92. The maximum Gasteiger partial charge on any atom is 0.236 e. The molecule has 1 N–H and O–H groups in total.